The number of thiazole rings is 1. The van der Waals surface area contributed by atoms with E-state index in [2.05, 4.69) is 0 Å². The van der Waals surface area contributed by atoms with E-state index in [0.29, 0.717) is 62.2 Å². The maximum absolute atomic E-state index is 14.2. The van der Waals surface area contributed by atoms with Gasteiger partial charge in [0.05, 0.1) is 49.8 Å². The first-order chi connectivity index (χ1) is 21.8. The smallest absolute Gasteiger partial charge is 0.344 e. The summed E-state index contributed by atoms with van der Waals surface area (Å²) < 4.78 is 34.9. The summed E-state index contributed by atoms with van der Waals surface area (Å²) in [6.45, 7) is 7.81. The van der Waals surface area contributed by atoms with Crippen LogP contribution in [0.1, 0.15) is 57.7 Å². The Morgan fingerprint density at radius 1 is 0.911 bits per heavy atom. The number of hydrogen-bond acceptors (Lipinski definition) is 11. The fourth-order valence-corrected chi connectivity index (χ4v) is 5.98. The molecule has 45 heavy (non-hydrogen) atoms. The second-order valence-electron chi connectivity index (χ2n) is 9.75. The number of fused-ring (bicyclic) bond motifs is 1. The lowest BCUT2D eigenvalue weighted by Crippen LogP contribution is -2.40. The van der Waals surface area contributed by atoms with E-state index in [9.17, 15) is 14.4 Å². The Bertz CT molecular complexity index is 1760. The Kier molecular flexibility index (Phi) is 11.4. The molecule has 11 nitrogen and oxygen atoms in total. The maximum atomic E-state index is 14.2. The molecule has 240 valence electrons. The average molecular weight is 639 g/mol. The van der Waals surface area contributed by atoms with Crippen LogP contribution in [0.2, 0.25) is 0 Å². The number of allylic oxidation sites excluding steroid dienone is 1. The van der Waals surface area contributed by atoms with Crippen LogP contribution in [0.15, 0.2) is 57.5 Å². The minimum Gasteiger partial charge on any atom is -0.497 e. The molecule has 12 heteroatoms. The van der Waals surface area contributed by atoms with Crippen molar-refractivity contribution < 1.29 is 38.0 Å². The molecule has 0 saturated carbocycles. The molecule has 4 rings (SSSR count). The Morgan fingerprint density at radius 3 is 2.33 bits per heavy atom. The number of aromatic nitrogens is 1. The standard InChI is InChI=1S/C33H38N2O9S/c1-7-11-23-29(32(38)43-10-4)30(22-18-21(39-5)13-15-24(22)40-6)35-31(37)27(45-33(35)34-23)17-20-12-14-25(26(16-20)41-8-2)44-19-28(36)42-9-3/h12-18,30H,7-11,19H2,1-6H3/b27-17-/t30-/m1/s1. The predicted octanol–water partition coefficient (Wildman–Crippen LogP) is 3.94. The van der Waals surface area contributed by atoms with E-state index in [1.807, 2.05) is 13.8 Å². The van der Waals surface area contributed by atoms with Crippen LogP contribution in [0.5, 0.6) is 23.0 Å². The van der Waals surface area contributed by atoms with E-state index in [4.69, 9.17) is 33.4 Å². The molecule has 1 aliphatic rings. The van der Waals surface area contributed by atoms with Gasteiger partial charge < -0.3 is 28.4 Å². The topological polar surface area (TPSA) is 124 Å². The molecule has 1 atom stereocenters. The lowest BCUT2D eigenvalue weighted by atomic mass is 9.93. The molecule has 0 radical (unpaired) electrons. The molecule has 1 aliphatic heterocycles. The van der Waals surface area contributed by atoms with Crippen molar-refractivity contribution >= 4 is 29.4 Å². The lowest BCUT2D eigenvalue weighted by molar-refractivity contribution is -0.145. The summed E-state index contributed by atoms with van der Waals surface area (Å²) in [6.07, 6.45) is 2.96. The van der Waals surface area contributed by atoms with Crippen LogP contribution in [-0.4, -0.2) is 57.2 Å². The highest BCUT2D eigenvalue weighted by Gasteiger charge is 2.36. The summed E-state index contributed by atoms with van der Waals surface area (Å²) in [5, 5.41) is 0. The van der Waals surface area contributed by atoms with Gasteiger partial charge in [-0.15, -0.1) is 0 Å². The zero-order valence-electron chi connectivity index (χ0n) is 26.3. The molecule has 0 fully saturated rings. The number of esters is 2. The molecule has 3 aromatic rings. The summed E-state index contributed by atoms with van der Waals surface area (Å²) in [4.78, 5) is 44.8. The normalized spacial score (nSPS) is 14.4. The summed E-state index contributed by atoms with van der Waals surface area (Å²) in [5.74, 6) is 0.772. The molecule has 0 bridgehead atoms. The van der Waals surface area contributed by atoms with Gasteiger partial charge in [-0.1, -0.05) is 30.7 Å². The third kappa shape index (κ3) is 7.39. The van der Waals surface area contributed by atoms with Gasteiger partial charge in [-0.3, -0.25) is 9.36 Å². The largest absolute Gasteiger partial charge is 0.497 e. The molecule has 0 amide bonds. The fraction of sp³-hybridized carbons (Fsp3) is 0.394. The minimum atomic E-state index is -0.869. The first kappa shape index (κ1) is 33.3. The molecule has 0 unspecified atom stereocenters. The Balaban J connectivity index is 1.90. The third-order valence-electron chi connectivity index (χ3n) is 6.84. The van der Waals surface area contributed by atoms with Crippen LogP contribution in [0, 0.1) is 0 Å². The quantitative estimate of drug-likeness (QED) is 0.242. The van der Waals surface area contributed by atoms with Crippen LogP contribution in [0.3, 0.4) is 0 Å². The molecule has 0 saturated heterocycles. The van der Waals surface area contributed by atoms with Gasteiger partial charge in [0.25, 0.3) is 5.56 Å². The van der Waals surface area contributed by atoms with Crippen molar-refractivity contribution in [2.75, 3.05) is 40.6 Å². The van der Waals surface area contributed by atoms with E-state index >= 15 is 0 Å². The number of hydrogen-bond donors (Lipinski definition) is 0. The van der Waals surface area contributed by atoms with Crippen LogP contribution in [0.25, 0.3) is 6.08 Å². The van der Waals surface area contributed by atoms with Crippen LogP contribution < -0.4 is 33.8 Å². The summed E-state index contributed by atoms with van der Waals surface area (Å²) in [7, 11) is 3.08. The highest BCUT2D eigenvalue weighted by atomic mass is 32.1. The van der Waals surface area contributed by atoms with Crippen LogP contribution in [0.4, 0.5) is 0 Å². The number of carbonyl (C=O) groups excluding carboxylic acids is 2. The van der Waals surface area contributed by atoms with Gasteiger partial charge in [-0.2, -0.15) is 0 Å². The van der Waals surface area contributed by atoms with E-state index in [1.165, 1.54) is 23.0 Å². The fourth-order valence-electron chi connectivity index (χ4n) is 4.96. The minimum absolute atomic E-state index is 0.162. The van der Waals surface area contributed by atoms with Crippen LogP contribution in [-0.2, 0) is 19.1 Å². The number of carbonyl (C=O) groups is 2. The van der Waals surface area contributed by atoms with E-state index < -0.39 is 18.0 Å². The van der Waals surface area contributed by atoms with E-state index in [0.717, 1.165) is 6.42 Å². The van der Waals surface area contributed by atoms with Gasteiger partial charge in [0.15, 0.2) is 22.9 Å². The van der Waals surface area contributed by atoms with Crippen molar-refractivity contribution in [2.45, 2.75) is 46.6 Å². The predicted molar refractivity (Wildman–Crippen MR) is 169 cm³/mol. The lowest BCUT2D eigenvalue weighted by Gasteiger charge is -2.27. The molecule has 0 spiro atoms. The molecule has 2 aromatic carbocycles. The average Bonchev–Trinajstić information content (AvgIpc) is 3.34. The second-order valence-corrected chi connectivity index (χ2v) is 10.8. The zero-order chi connectivity index (χ0) is 32.5. The Hall–Kier alpha value is -4.58. The molecular weight excluding hydrogens is 600 g/mol. The number of nitrogens with zero attached hydrogens (tertiary/aromatic N) is 2. The Morgan fingerprint density at radius 2 is 1.67 bits per heavy atom. The number of methoxy groups -OCH3 is 2. The monoisotopic (exact) mass is 638 g/mol. The van der Waals surface area contributed by atoms with E-state index in [-0.39, 0.29) is 31.0 Å². The molecule has 2 heterocycles. The van der Waals surface area contributed by atoms with Crippen molar-refractivity contribution in [1.82, 2.24) is 4.57 Å². The molecule has 1 aromatic heterocycles. The van der Waals surface area contributed by atoms with Gasteiger partial charge in [-0.05, 0) is 69.2 Å². The molecular formula is C33H38N2O9S. The molecule has 0 N–H and O–H groups in total. The van der Waals surface area contributed by atoms with Crippen molar-refractivity contribution in [3.8, 4) is 23.0 Å². The van der Waals surface area contributed by atoms with Gasteiger partial charge >= 0.3 is 11.9 Å². The van der Waals surface area contributed by atoms with Crippen molar-refractivity contribution in [3.63, 3.8) is 0 Å². The van der Waals surface area contributed by atoms with Gasteiger partial charge in [0.1, 0.15) is 17.5 Å². The van der Waals surface area contributed by atoms with Crippen molar-refractivity contribution in [1.29, 1.82) is 0 Å². The van der Waals surface area contributed by atoms with Crippen molar-refractivity contribution in [2.24, 2.45) is 4.99 Å². The van der Waals surface area contributed by atoms with Gasteiger partial charge in [0, 0.05) is 5.56 Å². The van der Waals surface area contributed by atoms with Crippen molar-refractivity contribution in [3.05, 3.63) is 78.5 Å². The summed E-state index contributed by atoms with van der Waals surface area (Å²) in [6, 6.07) is 9.56. The number of ether oxygens (including phenoxy) is 6. The van der Waals surface area contributed by atoms with Gasteiger partial charge in [0.2, 0.25) is 0 Å². The Labute approximate surface area is 265 Å². The summed E-state index contributed by atoms with van der Waals surface area (Å²) >= 11 is 1.22. The number of rotatable bonds is 14. The van der Waals surface area contributed by atoms with E-state index in [1.54, 1.807) is 63.4 Å². The van der Waals surface area contributed by atoms with Crippen LogP contribution >= 0.6 is 11.3 Å². The number of benzene rings is 2. The second kappa shape index (κ2) is 15.4. The maximum Gasteiger partial charge on any atom is 0.344 e. The third-order valence-corrected chi connectivity index (χ3v) is 7.82. The highest BCUT2D eigenvalue weighted by molar-refractivity contribution is 7.07. The zero-order valence-corrected chi connectivity index (χ0v) is 27.2. The molecule has 0 aliphatic carbocycles. The van der Waals surface area contributed by atoms with Gasteiger partial charge in [-0.25, -0.2) is 14.6 Å². The SMILES string of the molecule is CCCC1=C(C(=O)OCC)[C@@H](c2cc(OC)ccc2OC)n2c(s/c(=C\c3ccc(OCC(=O)OCC)c(OCC)c3)c2=O)=N1. The first-order valence-electron chi connectivity index (χ1n) is 14.8. The first-order valence-corrected chi connectivity index (χ1v) is 15.6. The highest BCUT2D eigenvalue weighted by Crippen LogP contribution is 2.39. The summed E-state index contributed by atoms with van der Waals surface area (Å²) in [5.41, 5.74) is 1.73.